The Kier molecular flexibility index (Phi) is 5.97. The number of aromatic nitrogens is 1. The zero-order valence-electron chi connectivity index (χ0n) is 15.5. The van der Waals surface area contributed by atoms with Crippen LogP contribution in [0, 0.1) is 10.1 Å². The average molecular weight is 360 g/mol. The Morgan fingerprint density at radius 1 is 1.35 bits per heavy atom. The number of fused-ring (bicyclic) bond motifs is 1. The van der Waals surface area contributed by atoms with Gasteiger partial charge in [-0.25, -0.2) is 9.78 Å². The summed E-state index contributed by atoms with van der Waals surface area (Å²) in [6.07, 6.45) is 1.83. The highest BCUT2D eigenvalue weighted by atomic mass is 16.6. The maximum atomic E-state index is 11.6. The Labute approximate surface area is 152 Å². The number of nitro benzene ring substituents is 1. The van der Waals surface area contributed by atoms with Crippen LogP contribution in [-0.4, -0.2) is 41.7 Å². The first kappa shape index (κ1) is 19.4. The predicted molar refractivity (Wildman–Crippen MR) is 101 cm³/mol. The molecular weight excluding hydrogens is 336 g/mol. The number of alkyl carbamates (subject to hydrolysis) is 1. The number of carbonyl (C=O) groups is 1. The number of nitro groups is 1. The van der Waals surface area contributed by atoms with Crippen LogP contribution in [0.1, 0.15) is 27.2 Å². The van der Waals surface area contributed by atoms with Crippen LogP contribution >= 0.6 is 0 Å². The van der Waals surface area contributed by atoms with Crippen molar-refractivity contribution in [3.63, 3.8) is 0 Å². The number of para-hydroxylation sites is 1. The first-order chi connectivity index (χ1) is 12.2. The molecule has 1 aromatic carbocycles. The van der Waals surface area contributed by atoms with E-state index in [4.69, 9.17) is 4.74 Å². The Bertz CT molecular complexity index is 801. The van der Waals surface area contributed by atoms with E-state index < -0.39 is 16.6 Å². The molecule has 1 N–H and O–H groups in total. The van der Waals surface area contributed by atoms with E-state index in [0.29, 0.717) is 25.0 Å². The zero-order chi connectivity index (χ0) is 19.3. The van der Waals surface area contributed by atoms with Gasteiger partial charge in [-0.15, -0.1) is 0 Å². The van der Waals surface area contributed by atoms with Crippen molar-refractivity contribution in [2.75, 3.05) is 25.0 Å². The molecule has 0 saturated carbocycles. The molecule has 0 fully saturated rings. The minimum Gasteiger partial charge on any atom is -0.444 e. The van der Waals surface area contributed by atoms with Gasteiger partial charge in [0.2, 0.25) is 0 Å². The second-order valence-electron chi connectivity index (χ2n) is 6.96. The lowest BCUT2D eigenvalue weighted by Crippen LogP contribution is -2.34. The molecule has 2 aromatic rings. The van der Waals surface area contributed by atoms with Gasteiger partial charge in [-0.05, 0) is 33.3 Å². The van der Waals surface area contributed by atoms with E-state index >= 15 is 0 Å². The molecule has 0 saturated heterocycles. The maximum absolute atomic E-state index is 11.6. The van der Waals surface area contributed by atoms with E-state index in [1.54, 1.807) is 12.3 Å². The second-order valence-corrected chi connectivity index (χ2v) is 6.96. The van der Waals surface area contributed by atoms with Crippen molar-refractivity contribution >= 4 is 28.4 Å². The van der Waals surface area contributed by atoms with Crippen LogP contribution in [-0.2, 0) is 4.74 Å². The van der Waals surface area contributed by atoms with Crippen molar-refractivity contribution in [1.82, 2.24) is 10.3 Å². The molecule has 0 radical (unpaired) electrons. The zero-order valence-corrected chi connectivity index (χ0v) is 15.5. The Morgan fingerprint density at radius 3 is 2.73 bits per heavy atom. The van der Waals surface area contributed by atoms with Crippen molar-refractivity contribution in [2.45, 2.75) is 32.8 Å². The normalized spacial score (nSPS) is 11.2. The van der Waals surface area contributed by atoms with Crippen molar-refractivity contribution in [3.8, 4) is 0 Å². The monoisotopic (exact) mass is 360 g/mol. The summed E-state index contributed by atoms with van der Waals surface area (Å²) >= 11 is 0. The molecule has 0 aliphatic carbocycles. The van der Waals surface area contributed by atoms with Crippen LogP contribution in [0.3, 0.4) is 0 Å². The fraction of sp³-hybridized carbons (Fsp3) is 0.444. The van der Waals surface area contributed by atoms with Crippen LogP contribution in [0.4, 0.5) is 16.2 Å². The summed E-state index contributed by atoms with van der Waals surface area (Å²) in [6, 6.07) is 6.75. The van der Waals surface area contributed by atoms with Crippen LogP contribution in [0.5, 0.6) is 0 Å². The predicted octanol–water partition coefficient (Wildman–Crippen LogP) is 3.49. The van der Waals surface area contributed by atoms with E-state index in [9.17, 15) is 14.9 Å². The van der Waals surface area contributed by atoms with Crippen molar-refractivity contribution in [1.29, 1.82) is 0 Å². The van der Waals surface area contributed by atoms with Gasteiger partial charge in [-0.2, -0.15) is 0 Å². The van der Waals surface area contributed by atoms with Gasteiger partial charge >= 0.3 is 6.09 Å². The molecule has 140 valence electrons. The summed E-state index contributed by atoms with van der Waals surface area (Å²) in [5.41, 5.74) is 0.694. The molecule has 1 aromatic heterocycles. The third kappa shape index (κ3) is 5.05. The minimum absolute atomic E-state index is 0.00987. The van der Waals surface area contributed by atoms with Crippen LogP contribution in [0.25, 0.3) is 10.9 Å². The summed E-state index contributed by atoms with van der Waals surface area (Å²) in [6.45, 7) is 6.58. The highest BCUT2D eigenvalue weighted by Gasteiger charge is 2.17. The smallest absolute Gasteiger partial charge is 0.407 e. The van der Waals surface area contributed by atoms with Crippen molar-refractivity contribution in [3.05, 3.63) is 40.6 Å². The van der Waals surface area contributed by atoms with Gasteiger partial charge in [0.05, 0.1) is 4.92 Å². The topological polar surface area (TPSA) is 97.6 Å². The lowest BCUT2D eigenvalue weighted by molar-refractivity contribution is -0.383. The Balaban J connectivity index is 2.00. The number of rotatable bonds is 6. The highest BCUT2D eigenvalue weighted by Crippen LogP contribution is 2.30. The fourth-order valence-corrected chi connectivity index (χ4v) is 2.57. The molecule has 2 rings (SSSR count). The lowest BCUT2D eigenvalue weighted by Gasteiger charge is -2.22. The van der Waals surface area contributed by atoms with Gasteiger partial charge in [0.1, 0.15) is 11.1 Å². The molecular formula is C18H24N4O4. The van der Waals surface area contributed by atoms with Crippen molar-refractivity contribution in [2.24, 2.45) is 0 Å². The fourth-order valence-electron chi connectivity index (χ4n) is 2.57. The molecule has 8 heteroatoms. The number of ether oxygens (including phenoxy) is 1. The molecule has 0 unspecified atom stereocenters. The molecule has 8 nitrogen and oxygen atoms in total. The van der Waals surface area contributed by atoms with Crippen LogP contribution in [0.2, 0.25) is 0 Å². The third-order valence-corrected chi connectivity index (χ3v) is 3.67. The maximum Gasteiger partial charge on any atom is 0.407 e. The quantitative estimate of drug-likeness (QED) is 0.481. The number of non-ortho nitro benzene ring substituents is 1. The van der Waals surface area contributed by atoms with Gasteiger partial charge in [0.15, 0.2) is 0 Å². The van der Waals surface area contributed by atoms with Gasteiger partial charge in [-0.1, -0.05) is 12.1 Å². The molecule has 0 atom stereocenters. The van der Waals surface area contributed by atoms with E-state index in [0.717, 1.165) is 11.1 Å². The largest absolute Gasteiger partial charge is 0.444 e. The summed E-state index contributed by atoms with van der Waals surface area (Å²) in [5.74, 6) is 0. The number of benzene rings is 1. The van der Waals surface area contributed by atoms with Gasteiger partial charge < -0.3 is 15.0 Å². The van der Waals surface area contributed by atoms with E-state index in [1.807, 2.05) is 44.9 Å². The number of nitrogens with one attached hydrogen (secondary N) is 1. The SMILES string of the molecule is CN(CCCNC(=O)OC(C)(C)C)c1ccnc2c([N+](=O)[O-])cccc12. The minimum atomic E-state index is -0.522. The summed E-state index contributed by atoms with van der Waals surface area (Å²) in [7, 11) is 1.90. The number of hydrogen-bond donors (Lipinski definition) is 1. The number of carbonyl (C=O) groups excluding carboxylic acids is 1. The molecule has 0 aliphatic heterocycles. The van der Waals surface area contributed by atoms with E-state index in [2.05, 4.69) is 10.3 Å². The third-order valence-electron chi connectivity index (χ3n) is 3.67. The van der Waals surface area contributed by atoms with Gasteiger partial charge in [-0.3, -0.25) is 10.1 Å². The number of pyridine rings is 1. The highest BCUT2D eigenvalue weighted by molar-refractivity contribution is 5.96. The second kappa shape index (κ2) is 7.99. The number of nitrogens with zero attached hydrogens (tertiary/aromatic N) is 3. The number of amides is 1. The molecule has 0 spiro atoms. The van der Waals surface area contributed by atoms with Gasteiger partial charge in [0.25, 0.3) is 5.69 Å². The molecule has 1 heterocycles. The Morgan fingerprint density at radius 2 is 2.08 bits per heavy atom. The van der Waals surface area contributed by atoms with Gasteiger partial charge in [0, 0.05) is 43.5 Å². The standard InChI is InChI=1S/C18H24N4O4/c1-18(2,3)26-17(23)20-10-6-12-21(4)14-9-11-19-16-13(14)7-5-8-15(16)22(24)25/h5,7-9,11H,6,10,12H2,1-4H3,(H,20,23). The van der Waals surface area contributed by atoms with E-state index in [1.165, 1.54) is 6.07 Å². The summed E-state index contributed by atoms with van der Waals surface area (Å²) < 4.78 is 5.19. The molecule has 26 heavy (non-hydrogen) atoms. The summed E-state index contributed by atoms with van der Waals surface area (Å²) in [4.78, 5) is 28.5. The first-order valence-corrected chi connectivity index (χ1v) is 8.39. The summed E-state index contributed by atoms with van der Waals surface area (Å²) in [5, 5.41) is 14.6. The average Bonchev–Trinajstić information content (AvgIpc) is 2.55. The lowest BCUT2D eigenvalue weighted by atomic mass is 10.1. The molecule has 1 amide bonds. The number of anilines is 1. The Hall–Kier alpha value is -2.90. The van der Waals surface area contributed by atoms with Crippen LogP contribution in [0.15, 0.2) is 30.5 Å². The number of hydrogen-bond acceptors (Lipinski definition) is 6. The van der Waals surface area contributed by atoms with Crippen molar-refractivity contribution < 1.29 is 14.5 Å². The van der Waals surface area contributed by atoms with Crippen LogP contribution < -0.4 is 10.2 Å². The molecule has 0 bridgehead atoms. The first-order valence-electron chi connectivity index (χ1n) is 8.39. The molecule has 0 aliphatic rings. The van der Waals surface area contributed by atoms with E-state index in [-0.39, 0.29) is 5.69 Å².